The molecular weight excluding hydrogens is 1010 g/mol. The summed E-state index contributed by atoms with van der Waals surface area (Å²) in [5.74, 6) is -0.908. The molecule has 0 rings (SSSR count). The summed E-state index contributed by atoms with van der Waals surface area (Å²) in [5.41, 5.74) is 0. The van der Waals surface area contributed by atoms with Gasteiger partial charge in [-0.3, -0.25) is 14.4 Å². The van der Waals surface area contributed by atoms with E-state index < -0.39 is 6.10 Å². The minimum Gasteiger partial charge on any atom is -0.462 e. The third-order valence-corrected chi connectivity index (χ3v) is 14.4. The van der Waals surface area contributed by atoms with Crippen LogP contribution in [0.3, 0.4) is 0 Å². The lowest BCUT2D eigenvalue weighted by Crippen LogP contribution is -2.30. The van der Waals surface area contributed by atoms with Crippen molar-refractivity contribution in [3.05, 3.63) is 134 Å². The fourth-order valence-electron chi connectivity index (χ4n) is 9.32. The number of rotatable bonds is 61. The smallest absolute Gasteiger partial charge is 0.306 e. The van der Waals surface area contributed by atoms with Gasteiger partial charge in [0.1, 0.15) is 13.2 Å². The number of hydrogen-bond acceptors (Lipinski definition) is 6. The molecule has 0 bridgehead atoms. The van der Waals surface area contributed by atoms with Crippen LogP contribution < -0.4 is 0 Å². The topological polar surface area (TPSA) is 78.9 Å². The fourth-order valence-corrected chi connectivity index (χ4v) is 9.32. The standard InChI is InChI=1S/C76H126O6/c1-4-7-10-13-16-19-22-25-28-30-32-34-36-38-40-42-44-46-48-51-54-57-60-63-66-69-75(78)81-72-73(71-80-74(77)68-65-62-59-56-53-50-27-24-21-18-15-12-9-6-3)82-76(79)70-67-64-61-58-55-52-49-47-45-43-41-39-37-35-33-31-29-26-23-20-17-14-11-8-5-2/h7-8,10-11,16-17,19-20,24-29,32-35,38,40,44,46,73H,4-6,9,12-15,18,21-23,30-31,36-37,39,41-43,45,47-72H2,1-3H3/b10-7-,11-8-,19-16-,20-17-,27-24-,28-25-,29-26-,34-32-,35-33-,40-38-,46-44-. The molecule has 0 aromatic rings. The van der Waals surface area contributed by atoms with Gasteiger partial charge in [-0.15, -0.1) is 0 Å². The largest absolute Gasteiger partial charge is 0.462 e. The summed E-state index contributed by atoms with van der Waals surface area (Å²) in [6, 6.07) is 0. The third kappa shape index (κ3) is 66.4. The Bertz CT molecular complexity index is 1730. The second kappa shape index (κ2) is 69.0. The van der Waals surface area contributed by atoms with Crippen molar-refractivity contribution in [2.24, 2.45) is 0 Å². The molecule has 0 spiro atoms. The van der Waals surface area contributed by atoms with Crippen LogP contribution in [0, 0.1) is 0 Å². The number of allylic oxidation sites excluding steroid dienone is 22. The van der Waals surface area contributed by atoms with Gasteiger partial charge in [0.05, 0.1) is 0 Å². The van der Waals surface area contributed by atoms with Gasteiger partial charge < -0.3 is 14.2 Å². The van der Waals surface area contributed by atoms with Crippen molar-refractivity contribution in [2.75, 3.05) is 13.2 Å². The summed E-state index contributed by atoms with van der Waals surface area (Å²) >= 11 is 0. The van der Waals surface area contributed by atoms with E-state index in [2.05, 4.69) is 154 Å². The first-order valence-corrected chi connectivity index (χ1v) is 34.2. The highest BCUT2D eigenvalue weighted by Crippen LogP contribution is 2.16. The molecule has 1 unspecified atom stereocenters. The predicted octanol–water partition coefficient (Wildman–Crippen LogP) is 23.7. The first kappa shape index (κ1) is 77.5. The van der Waals surface area contributed by atoms with Crippen molar-refractivity contribution in [2.45, 2.75) is 316 Å². The number of ether oxygens (including phenoxy) is 3. The summed E-state index contributed by atoms with van der Waals surface area (Å²) in [6.45, 7) is 6.40. The number of carbonyl (C=O) groups is 3. The van der Waals surface area contributed by atoms with E-state index in [4.69, 9.17) is 14.2 Å². The fraction of sp³-hybridized carbons (Fsp3) is 0.671. The summed E-state index contributed by atoms with van der Waals surface area (Å²) in [4.78, 5) is 38.4. The Kier molecular flexibility index (Phi) is 65.3. The first-order valence-electron chi connectivity index (χ1n) is 34.2. The minimum absolute atomic E-state index is 0.0899. The van der Waals surface area contributed by atoms with Gasteiger partial charge in [-0.25, -0.2) is 0 Å². The second-order valence-corrected chi connectivity index (χ2v) is 22.3. The van der Waals surface area contributed by atoms with Crippen molar-refractivity contribution in [3.63, 3.8) is 0 Å². The van der Waals surface area contributed by atoms with Crippen molar-refractivity contribution >= 4 is 17.9 Å². The summed E-state index contributed by atoms with van der Waals surface area (Å²) in [6.07, 6.45) is 97.5. The van der Waals surface area contributed by atoms with Crippen molar-refractivity contribution in [1.82, 2.24) is 0 Å². The summed E-state index contributed by atoms with van der Waals surface area (Å²) < 4.78 is 17.0. The van der Waals surface area contributed by atoms with Gasteiger partial charge in [0.15, 0.2) is 6.10 Å². The average molecular weight is 1140 g/mol. The van der Waals surface area contributed by atoms with Crippen LogP contribution in [0.25, 0.3) is 0 Å². The molecule has 6 heteroatoms. The maximum atomic E-state index is 13.0. The Morgan fingerprint density at radius 3 is 0.756 bits per heavy atom. The summed E-state index contributed by atoms with van der Waals surface area (Å²) in [7, 11) is 0. The highest BCUT2D eigenvalue weighted by Gasteiger charge is 2.19. The van der Waals surface area contributed by atoms with Crippen LogP contribution in [-0.2, 0) is 28.6 Å². The molecule has 0 saturated carbocycles. The second-order valence-electron chi connectivity index (χ2n) is 22.3. The van der Waals surface area contributed by atoms with E-state index in [9.17, 15) is 14.4 Å². The number of carbonyl (C=O) groups excluding carboxylic acids is 3. The van der Waals surface area contributed by atoms with Gasteiger partial charge in [0.25, 0.3) is 0 Å². The molecule has 0 aromatic heterocycles. The molecule has 6 nitrogen and oxygen atoms in total. The van der Waals surface area contributed by atoms with E-state index in [-0.39, 0.29) is 31.1 Å². The van der Waals surface area contributed by atoms with E-state index in [1.807, 2.05) is 0 Å². The molecule has 466 valence electrons. The SMILES string of the molecule is CC/C=C\C/C=C\C/C=C\C/C=C\C/C=C\C/C=C\CCCCCCCCC(=O)OCC(COC(=O)CCCCCCC/C=C\CCCCCCC)OC(=O)CCCCCCCCCCCCCC/C=C\C/C=C\C/C=C\C/C=C\CC. The molecule has 0 aliphatic heterocycles. The van der Waals surface area contributed by atoms with E-state index >= 15 is 0 Å². The lowest BCUT2D eigenvalue weighted by Gasteiger charge is -2.18. The molecule has 1 atom stereocenters. The first-order chi connectivity index (χ1) is 40.5. The third-order valence-electron chi connectivity index (χ3n) is 14.4. The van der Waals surface area contributed by atoms with E-state index in [0.29, 0.717) is 19.3 Å². The minimum atomic E-state index is -0.795. The Morgan fingerprint density at radius 2 is 0.476 bits per heavy atom. The van der Waals surface area contributed by atoms with Gasteiger partial charge in [-0.05, 0) is 135 Å². The average Bonchev–Trinajstić information content (AvgIpc) is 3.47. The molecule has 0 fully saturated rings. The van der Waals surface area contributed by atoms with E-state index in [1.165, 1.54) is 128 Å². The Hall–Kier alpha value is -4.45. The van der Waals surface area contributed by atoms with Gasteiger partial charge in [0.2, 0.25) is 0 Å². The van der Waals surface area contributed by atoms with Crippen LogP contribution in [0.4, 0.5) is 0 Å². The highest BCUT2D eigenvalue weighted by molar-refractivity contribution is 5.71. The molecular formula is C76H126O6. The van der Waals surface area contributed by atoms with Crippen LogP contribution in [-0.4, -0.2) is 37.2 Å². The van der Waals surface area contributed by atoms with Crippen molar-refractivity contribution in [1.29, 1.82) is 0 Å². The predicted molar refractivity (Wildman–Crippen MR) is 357 cm³/mol. The lowest BCUT2D eigenvalue weighted by atomic mass is 10.0. The lowest BCUT2D eigenvalue weighted by molar-refractivity contribution is -0.167. The maximum Gasteiger partial charge on any atom is 0.306 e. The van der Waals surface area contributed by atoms with E-state index in [0.717, 1.165) is 141 Å². The molecule has 0 heterocycles. The van der Waals surface area contributed by atoms with Gasteiger partial charge >= 0.3 is 17.9 Å². The Morgan fingerprint density at radius 1 is 0.256 bits per heavy atom. The van der Waals surface area contributed by atoms with E-state index in [1.54, 1.807) is 0 Å². The van der Waals surface area contributed by atoms with Crippen LogP contribution in [0.1, 0.15) is 310 Å². The normalized spacial score (nSPS) is 13.0. The molecule has 0 aliphatic carbocycles. The maximum absolute atomic E-state index is 13.0. The zero-order chi connectivity index (χ0) is 59.2. The number of hydrogen-bond donors (Lipinski definition) is 0. The number of unbranched alkanes of at least 4 members (excludes halogenated alkanes) is 28. The van der Waals surface area contributed by atoms with Crippen molar-refractivity contribution < 1.29 is 28.6 Å². The molecule has 0 amide bonds. The molecule has 0 radical (unpaired) electrons. The van der Waals surface area contributed by atoms with Gasteiger partial charge in [-0.2, -0.15) is 0 Å². The van der Waals surface area contributed by atoms with Crippen LogP contribution >= 0.6 is 0 Å². The van der Waals surface area contributed by atoms with Crippen LogP contribution in [0.5, 0.6) is 0 Å². The number of esters is 3. The van der Waals surface area contributed by atoms with Crippen LogP contribution in [0.2, 0.25) is 0 Å². The zero-order valence-electron chi connectivity index (χ0n) is 53.5. The van der Waals surface area contributed by atoms with Gasteiger partial charge in [0, 0.05) is 19.3 Å². The monoisotopic (exact) mass is 1130 g/mol. The Labute approximate surface area is 506 Å². The molecule has 0 N–H and O–H groups in total. The quantitative estimate of drug-likeness (QED) is 0.0261. The van der Waals surface area contributed by atoms with Gasteiger partial charge in [-0.1, -0.05) is 289 Å². The molecule has 0 aliphatic rings. The van der Waals surface area contributed by atoms with Crippen LogP contribution in [0.15, 0.2) is 134 Å². The molecule has 82 heavy (non-hydrogen) atoms. The zero-order valence-corrected chi connectivity index (χ0v) is 53.5. The summed E-state index contributed by atoms with van der Waals surface area (Å²) in [5, 5.41) is 0. The Balaban J connectivity index is 4.38. The highest BCUT2D eigenvalue weighted by atomic mass is 16.6. The molecule has 0 saturated heterocycles. The molecule has 0 aromatic carbocycles. The van der Waals surface area contributed by atoms with Crippen molar-refractivity contribution in [3.8, 4) is 0 Å².